The molecule has 0 radical (unpaired) electrons. The molecule has 1 aromatic rings. The Labute approximate surface area is 90.4 Å². The normalized spacial score (nSPS) is 13.3. The molecule has 1 rings (SSSR count). The fourth-order valence-corrected chi connectivity index (χ4v) is 1.10. The van der Waals surface area contributed by atoms with Crippen LogP contribution in [0.4, 0.5) is 0 Å². The van der Waals surface area contributed by atoms with Gasteiger partial charge in [-0.25, -0.2) is 0 Å². The molecule has 0 bridgehead atoms. The summed E-state index contributed by atoms with van der Waals surface area (Å²) < 4.78 is 4.94. The van der Waals surface area contributed by atoms with E-state index in [0.717, 1.165) is 5.56 Å². The van der Waals surface area contributed by atoms with Crippen LogP contribution in [0.2, 0.25) is 0 Å². The van der Waals surface area contributed by atoms with Crippen molar-refractivity contribution in [1.29, 1.82) is 0 Å². The van der Waals surface area contributed by atoms with Crippen LogP contribution in [-0.2, 0) is 4.74 Å². The molecule has 0 heterocycles. The Balaban J connectivity index is 2.29. The second-order valence-corrected chi connectivity index (χ2v) is 3.42. The summed E-state index contributed by atoms with van der Waals surface area (Å²) in [5.41, 5.74) is 2.32. The van der Waals surface area contributed by atoms with E-state index >= 15 is 0 Å². The zero-order valence-corrected chi connectivity index (χ0v) is 9.18. The van der Waals surface area contributed by atoms with Crippen molar-refractivity contribution in [2.75, 3.05) is 13.2 Å². The summed E-state index contributed by atoms with van der Waals surface area (Å²) >= 11 is 0. The third-order valence-corrected chi connectivity index (χ3v) is 1.90. The summed E-state index contributed by atoms with van der Waals surface area (Å²) in [4.78, 5) is 4.18. The van der Waals surface area contributed by atoms with E-state index in [-0.39, 0.29) is 0 Å². The average molecular weight is 207 g/mol. The maximum absolute atomic E-state index is 8.83. The van der Waals surface area contributed by atoms with E-state index in [9.17, 15) is 0 Å². The highest BCUT2D eigenvalue weighted by Crippen LogP contribution is 2.00. The Bertz CT molecular complexity index is 304. The molecule has 3 heteroatoms. The van der Waals surface area contributed by atoms with Gasteiger partial charge in [0.1, 0.15) is 0 Å². The van der Waals surface area contributed by atoms with Crippen LogP contribution in [-0.4, -0.2) is 30.8 Å². The third kappa shape index (κ3) is 5.30. The van der Waals surface area contributed by atoms with Crippen LogP contribution in [0.5, 0.6) is 0 Å². The lowest BCUT2D eigenvalue weighted by Crippen LogP contribution is -2.09. The lowest BCUT2D eigenvalue weighted by atomic mass is 10.2. The smallest absolute Gasteiger partial charge is 0.151 e. The zero-order chi connectivity index (χ0) is 11.1. The Morgan fingerprint density at radius 1 is 1.40 bits per heavy atom. The molecular formula is C12H17NO2. The molecule has 0 saturated carbocycles. The Kier molecular flexibility index (Phi) is 5.01. The molecule has 0 aliphatic carbocycles. The minimum Gasteiger partial charge on any atom is -0.368 e. The molecule has 82 valence electrons. The molecule has 0 fully saturated rings. The first-order valence-corrected chi connectivity index (χ1v) is 5.04. The molecular weight excluding hydrogens is 190 g/mol. The number of benzene rings is 1. The first kappa shape index (κ1) is 11.9. The van der Waals surface area contributed by atoms with E-state index in [4.69, 9.17) is 9.84 Å². The number of nitrogens with zero attached hydrogens (tertiary/aromatic N) is 1. The second kappa shape index (κ2) is 6.32. The molecule has 0 aliphatic rings. The molecule has 1 N–H and O–H groups in total. The average Bonchev–Trinajstić information content (AvgIpc) is 2.20. The lowest BCUT2D eigenvalue weighted by Gasteiger charge is -2.03. The van der Waals surface area contributed by atoms with Crippen molar-refractivity contribution < 1.29 is 9.84 Å². The predicted molar refractivity (Wildman–Crippen MR) is 61.3 cm³/mol. The van der Waals surface area contributed by atoms with Gasteiger partial charge in [-0.3, -0.25) is 4.99 Å². The van der Waals surface area contributed by atoms with Gasteiger partial charge in [-0.15, -0.1) is 0 Å². The number of aliphatic imine (C=N–C) groups is 1. The Morgan fingerprint density at radius 3 is 2.67 bits per heavy atom. The lowest BCUT2D eigenvalue weighted by molar-refractivity contribution is -0.0818. The molecule has 0 spiro atoms. The van der Waals surface area contributed by atoms with Gasteiger partial charge >= 0.3 is 0 Å². The van der Waals surface area contributed by atoms with Crippen molar-refractivity contribution in [1.82, 2.24) is 0 Å². The van der Waals surface area contributed by atoms with E-state index < -0.39 is 6.29 Å². The first-order valence-electron chi connectivity index (χ1n) is 5.04. The van der Waals surface area contributed by atoms with Crippen molar-refractivity contribution in [2.24, 2.45) is 4.99 Å². The van der Waals surface area contributed by atoms with Crippen molar-refractivity contribution in [2.45, 2.75) is 20.1 Å². The van der Waals surface area contributed by atoms with E-state index in [1.807, 2.05) is 30.5 Å². The molecule has 3 nitrogen and oxygen atoms in total. The van der Waals surface area contributed by atoms with Crippen molar-refractivity contribution in [3.05, 3.63) is 35.4 Å². The second-order valence-electron chi connectivity index (χ2n) is 3.42. The van der Waals surface area contributed by atoms with Crippen LogP contribution in [0.15, 0.2) is 29.3 Å². The largest absolute Gasteiger partial charge is 0.368 e. The molecule has 1 atom stereocenters. The summed E-state index contributed by atoms with van der Waals surface area (Å²) in [6.45, 7) is 4.65. The monoisotopic (exact) mass is 207 g/mol. The standard InChI is InChI=1S/C12H17NO2/c1-10-3-5-12(6-4-10)9-13-7-8-15-11(2)14/h3-6,9,11,14H,7-8H2,1-2H3. The maximum atomic E-state index is 8.83. The Morgan fingerprint density at radius 2 is 2.07 bits per heavy atom. The van der Waals surface area contributed by atoms with Gasteiger partial charge in [-0.1, -0.05) is 29.8 Å². The highest BCUT2D eigenvalue weighted by molar-refractivity contribution is 5.79. The zero-order valence-electron chi connectivity index (χ0n) is 9.18. The van der Waals surface area contributed by atoms with E-state index in [1.54, 1.807) is 6.92 Å². The van der Waals surface area contributed by atoms with Crippen LogP contribution in [0, 0.1) is 6.92 Å². The minimum atomic E-state index is -0.709. The molecule has 15 heavy (non-hydrogen) atoms. The summed E-state index contributed by atoms with van der Waals surface area (Å²) in [5.74, 6) is 0. The molecule has 1 aromatic carbocycles. The number of aliphatic hydroxyl groups excluding tert-OH is 1. The number of aliphatic hydroxyl groups is 1. The fraction of sp³-hybridized carbons (Fsp3) is 0.417. The SMILES string of the molecule is Cc1ccc(C=NCCOC(C)O)cc1. The van der Waals surface area contributed by atoms with Crippen LogP contribution in [0.1, 0.15) is 18.1 Å². The molecule has 0 aromatic heterocycles. The van der Waals surface area contributed by atoms with Crippen LogP contribution < -0.4 is 0 Å². The summed E-state index contributed by atoms with van der Waals surface area (Å²) in [5, 5.41) is 8.83. The highest BCUT2D eigenvalue weighted by Gasteiger charge is 1.91. The summed E-state index contributed by atoms with van der Waals surface area (Å²) in [6, 6.07) is 8.14. The van der Waals surface area contributed by atoms with Gasteiger partial charge in [0.15, 0.2) is 6.29 Å². The number of rotatable bonds is 5. The number of ether oxygens (including phenoxy) is 1. The quantitative estimate of drug-likeness (QED) is 0.454. The van der Waals surface area contributed by atoms with Crippen LogP contribution >= 0.6 is 0 Å². The summed E-state index contributed by atoms with van der Waals surface area (Å²) in [7, 11) is 0. The van der Waals surface area contributed by atoms with E-state index in [2.05, 4.69) is 11.9 Å². The topological polar surface area (TPSA) is 41.8 Å². The van der Waals surface area contributed by atoms with Gasteiger partial charge in [0.25, 0.3) is 0 Å². The molecule has 0 aliphatic heterocycles. The number of hydrogen-bond acceptors (Lipinski definition) is 3. The third-order valence-electron chi connectivity index (χ3n) is 1.90. The van der Waals surface area contributed by atoms with Crippen molar-refractivity contribution in [3.8, 4) is 0 Å². The maximum Gasteiger partial charge on any atom is 0.151 e. The number of hydrogen-bond donors (Lipinski definition) is 1. The van der Waals surface area contributed by atoms with E-state index in [1.165, 1.54) is 5.56 Å². The fourth-order valence-electron chi connectivity index (χ4n) is 1.10. The first-order chi connectivity index (χ1) is 7.18. The number of aryl methyl sites for hydroxylation is 1. The van der Waals surface area contributed by atoms with Gasteiger partial charge in [-0.05, 0) is 19.4 Å². The van der Waals surface area contributed by atoms with Gasteiger partial charge in [0.2, 0.25) is 0 Å². The van der Waals surface area contributed by atoms with Gasteiger partial charge < -0.3 is 9.84 Å². The minimum absolute atomic E-state index is 0.444. The van der Waals surface area contributed by atoms with Crippen LogP contribution in [0.25, 0.3) is 0 Å². The molecule has 1 unspecified atom stereocenters. The molecule has 0 saturated heterocycles. The van der Waals surface area contributed by atoms with Gasteiger partial charge in [0.05, 0.1) is 13.2 Å². The van der Waals surface area contributed by atoms with Crippen LogP contribution in [0.3, 0.4) is 0 Å². The molecule has 0 amide bonds. The predicted octanol–water partition coefficient (Wildman–Crippen LogP) is 1.77. The van der Waals surface area contributed by atoms with Gasteiger partial charge in [0, 0.05) is 6.21 Å². The van der Waals surface area contributed by atoms with E-state index in [0.29, 0.717) is 13.2 Å². The summed E-state index contributed by atoms with van der Waals surface area (Å²) in [6.07, 6.45) is 1.10. The van der Waals surface area contributed by atoms with Crippen molar-refractivity contribution in [3.63, 3.8) is 0 Å². The Hall–Kier alpha value is -1.19. The van der Waals surface area contributed by atoms with Gasteiger partial charge in [-0.2, -0.15) is 0 Å². The highest BCUT2D eigenvalue weighted by atomic mass is 16.6. The van der Waals surface area contributed by atoms with Crippen molar-refractivity contribution >= 4 is 6.21 Å².